The van der Waals surface area contributed by atoms with Crippen LogP contribution in [0, 0.1) is 18.7 Å². The summed E-state index contributed by atoms with van der Waals surface area (Å²) in [5.74, 6) is 1.69. The third kappa shape index (κ3) is 11.9. The molecule has 4 aromatic carbocycles. The van der Waals surface area contributed by atoms with Crippen LogP contribution < -0.4 is 25.0 Å². The molecule has 20 heteroatoms. The highest BCUT2D eigenvalue weighted by molar-refractivity contribution is 6.06. The number of amides is 1. The van der Waals surface area contributed by atoms with Crippen LogP contribution in [0.15, 0.2) is 95.8 Å². The maximum absolute atomic E-state index is 15.9. The number of aromatic amines is 1. The lowest BCUT2D eigenvalue weighted by atomic mass is 9.88. The maximum Gasteiger partial charge on any atom is 0.319 e. The van der Waals surface area contributed by atoms with Crippen molar-refractivity contribution in [2.45, 2.75) is 116 Å². The molecule has 11 rings (SSSR count). The minimum Gasteiger partial charge on any atom is -0.486 e. The molecule has 4 N–H and O–H groups in total. The number of nitrogens with one attached hydrogen (secondary N) is 3. The molecule has 3 saturated heterocycles. The molecule has 7 aromatic rings. The first-order valence-electron chi connectivity index (χ1n) is 28.0. The molecule has 0 spiro atoms. The summed E-state index contributed by atoms with van der Waals surface area (Å²) >= 11 is 0. The Bertz CT molecular complexity index is 3440. The first-order valence-corrected chi connectivity index (χ1v) is 28.0. The van der Waals surface area contributed by atoms with Crippen LogP contribution in [0.4, 0.5) is 10.2 Å². The number of aliphatic imine (C=N–C) groups is 2. The highest BCUT2D eigenvalue weighted by Gasteiger charge is 2.41. The van der Waals surface area contributed by atoms with Gasteiger partial charge in [0.25, 0.3) is 0 Å². The number of ether oxygens (including phenoxy) is 3. The normalized spacial score (nSPS) is 19.1. The lowest BCUT2D eigenvalue weighted by Gasteiger charge is -2.30. The molecular formula is C61H72FN13O6. The van der Waals surface area contributed by atoms with E-state index in [0.717, 1.165) is 101 Å². The van der Waals surface area contributed by atoms with Gasteiger partial charge in [-0.05, 0) is 106 Å². The van der Waals surface area contributed by atoms with E-state index in [0.29, 0.717) is 52.9 Å². The molecule has 4 aliphatic rings. The number of nitrogens with zero attached hydrogens (tertiary/aromatic N) is 10. The van der Waals surface area contributed by atoms with Gasteiger partial charge in [-0.15, -0.1) is 5.10 Å². The van der Waals surface area contributed by atoms with E-state index in [1.807, 2.05) is 90.2 Å². The van der Waals surface area contributed by atoms with Crippen LogP contribution in [-0.2, 0) is 20.9 Å². The Labute approximate surface area is 471 Å². The van der Waals surface area contributed by atoms with E-state index in [1.165, 1.54) is 12.3 Å². The Morgan fingerprint density at radius 2 is 1.83 bits per heavy atom. The number of aromatic nitrogens is 7. The first-order chi connectivity index (χ1) is 39.4. The number of amidine groups is 1. The number of likely N-dealkylation sites (tertiary alicyclic amines) is 1. The van der Waals surface area contributed by atoms with Crippen molar-refractivity contribution in [1.29, 1.82) is 0 Å². The van der Waals surface area contributed by atoms with Crippen LogP contribution in [0.5, 0.6) is 11.8 Å². The number of carbonyl (C=O) groups excluding carboxylic acids is 2. The molecule has 4 fully saturated rings. The largest absolute Gasteiger partial charge is 0.486 e. The van der Waals surface area contributed by atoms with Gasteiger partial charge in [0.15, 0.2) is 11.6 Å². The standard InChI is InChI=1S/C47H53FN10O5.C14H19N3O/c1-25(2)43(46(60)56-14-6-7-32(56)22-59)58-21-39(54-55-58)30-10-8-28(9-11-30)24-62-44-41(40-27(4)37(48)17-38-36(40)19-50-53-38)34(29-12-13-29)16-35-42(44)51-47(63-23-26(3)61-5)52-45(35)57-20-31-15-33(57)18-49-31;1-4-16-14(17-5-2)12-8-6-11(7-9-12)13(10-18)15-3/h8-11,16-17,19,21-22,25-26,29,31-33,43,49H,6-7,12-15,18,20,23-24H2,1-5H3,(H,50,53);4-9,13,15,18H,1,10H2,2-3H3/t26-,31-,32-,33-,43?;13-/m00/s1. The minimum atomic E-state index is -0.587. The van der Waals surface area contributed by atoms with Crippen molar-refractivity contribution >= 4 is 51.9 Å². The number of halogens is 1. The average molecular weight is 1100 g/mol. The molecule has 0 radical (unpaired) electrons. The zero-order chi connectivity index (χ0) is 56.9. The maximum atomic E-state index is 15.9. The number of aliphatic hydroxyl groups is 1. The molecule has 1 aliphatic carbocycles. The lowest BCUT2D eigenvalue weighted by molar-refractivity contribution is -0.139. The number of aldehydes is 1. The Kier molecular flexibility index (Phi) is 17.4. The third-order valence-electron chi connectivity index (χ3n) is 15.9. The summed E-state index contributed by atoms with van der Waals surface area (Å²) < 4.78 is 36.4. The van der Waals surface area contributed by atoms with Crippen LogP contribution in [0.1, 0.15) is 106 Å². The van der Waals surface area contributed by atoms with Crippen molar-refractivity contribution in [3.8, 4) is 34.1 Å². The summed E-state index contributed by atoms with van der Waals surface area (Å²) in [6, 6.07) is 19.2. The molecule has 1 saturated carbocycles. The van der Waals surface area contributed by atoms with Gasteiger partial charge in [-0.25, -0.2) is 19.1 Å². The highest BCUT2D eigenvalue weighted by atomic mass is 19.1. The van der Waals surface area contributed by atoms with Gasteiger partial charge in [0.1, 0.15) is 48.4 Å². The number of rotatable bonds is 20. The summed E-state index contributed by atoms with van der Waals surface area (Å²) in [6.45, 7) is 15.9. The number of anilines is 1. The zero-order valence-corrected chi connectivity index (χ0v) is 47.1. The summed E-state index contributed by atoms with van der Waals surface area (Å²) in [5.41, 5.74) is 8.57. The number of H-pyrrole nitrogens is 1. The van der Waals surface area contributed by atoms with Crippen LogP contribution in [0.25, 0.3) is 44.2 Å². The van der Waals surface area contributed by atoms with Crippen molar-refractivity contribution in [2.75, 3.05) is 51.9 Å². The van der Waals surface area contributed by atoms with Gasteiger partial charge >= 0.3 is 6.01 Å². The molecule has 19 nitrogen and oxygen atoms in total. The molecule has 6 heterocycles. The Balaban J connectivity index is 0.000000351. The monoisotopic (exact) mass is 1100 g/mol. The number of aliphatic hydroxyl groups excluding tert-OH is 1. The van der Waals surface area contributed by atoms with Crippen LogP contribution in [-0.4, -0.2) is 141 Å². The first kappa shape index (κ1) is 56.5. The van der Waals surface area contributed by atoms with Crippen LogP contribution in [0.3, 0.4) is 0 Å². The van der Waals surface area contributed by atoms with E-state index < -0.39 is 12.1 Å². The fraction of sp³-hybridized carbons (Fsp3) is 0.426. The second-order valence-corrected chi connectivity index (χ2v) is 21.7. The quantitative estimate of drug-likeness (QED) is 0.0319. The summed E-state index contributed by atoms with van der Waals surface area (Å²) in [4.78, 5) is 48.0. The van der Waals surface area contributed by atoms with Crippen LogP contribution in [0.2, 0.25) is 0 Å². The smallest absolute Gasteiger partial charge is 0.319 e. The molecule has 6 atom stereocenters. The van der Waals surface area contributed by atoms with Gasteiger partial charge in [0, 0.05) is 84.3 Å². The Hall–Kier alpha value is -7.78. The topological polar surface area (TPSA) is 222 Å². The van der Waals surface area contributed by atoms with E-state index in [4.69, 9.17) is 24.2 Å². The van der Waals surface area contributed by atoms with E-state index in [2.05, 4.69) is 58.7 Å². The van der Waals surface area contributed by atoms with E-state index >= 15 is 4.39 Å². The van der Waals surface area contributed by atoms with Gasteiger partial charge in [-0.2, -0.15) is 15.1 Å². The second-order valence-electron chi connectivity index (χ2n) is 21.7. The number of hydrogen-bond donors (Lipinski definition) is 4. The molecular weight excluding hydrogens is 1030 g/mol. The third-order valence-corrected chi connectivity index (χ3v) is 15.9. The highest BCUT2D eigenvalue weighted by Crippen LogP contribution is 2.53. The SMILES string of the molecule is C=CN=C(N=CC)c1ccc([C@H](CO)NC)cc1.CO[C@@H](C)COc1nc(N2C[C@@H]3C[C@H]2CN3)c2cc(C3CC3)c(-c3c(C)c(F)cc4[nH]ncc34)c(OCc3ccc(-c4cn(C(C(=O)N5CCC[C@H]5C=O)C(C)C)nn4)cc3)c2n1. The molecule has 3 aromatic heterocycles. The molecule has 424 valence electrons. The molecule has 81 heavy (non-hydrogen) atoms. The average Bonchev–Trinajstić information content (AvgIpc) is 4.19. The van der Waals surface area contributed by atoms with Crippen molar-refractivity contribution in [1.82, 2.24) is 50.7 Å². The van der Waals surface area contributed by atoms with Gasteiger partial charge < -0.3 is 44.5 Å². The van der Waals surface area contributed by atoms with Gasteiger partial charge in [-0.3, -0.25) is 9.89 Å². The number of piperazine rings is 1. The zero-order valence-electron chi connectivity index (χ0n) is 47.1. The predicted molar refractivity (Wildman–Crippen MR) is 311 cm³/mol. The van der Waals surface area contributed by atoms with Crippen molar-refractivity contribution < 1.29 is 33.3 Å². The van der Waals surface area contributed by atoms with E-state index in [9.17, 15) is 14.7 Å². The predicted octanol–water partition coefficient (Wildman–Crippen LogP) is 8.61. The van der Waals surface area contributed by atoms with E-state index in [1.54, 1.807) is 35.3 Å². The summed E-state index contributed by atoms with van der Waals surface area (Å²) in [6.07, 6.45) is 11.9. The number of benzene rings is 4. The Morgan fingerprint density at radius 1 is 1.04 bits per heavy atom. The van der Waals surface area contributed by atoms with E-state index in [-0.39, 0.29) is 67.6 Å². The van der Waals surface area contributed by atoms with Gasteiger partial charge in [0.2, 0.25) is 5.91 Å². The van der Waals surface area contributed by atoms with Crippen LogP contribution >= 0.6 is 0 Å². The van der Waals surface area contributed by atoms with Crippen molar-refractivity contribution in [2.24, 2.45) is 15.9 Å². The number of fused-ring (bicyclic) bond motifs is 4. The van der Waals surface area contributed by atoms with Crippen molar-refractivity contribution in [3.63, 3.8) is 0 Å². The molecule has 3 aliphatic heterocycles. The summed E-state index contributed by atoms with van der Waals surface area (Å²) in [7, 11) is 3.47. The molecule has 1 unspecified atom stereocenters. The fourth-order valence-corrected chi connectivity index (χ4v) is 11.4. The molecule has 1 amide bonds. The van der Waals surface area contributed by atoms with Crippen molar-refractivity contribution in [3.05, 3.63) is 119 Å². The van der Waals surface area contributed by atoms with Gasteiger partial charge in [0.05, 0.1) is 42.7 Å². The lowest BCUT2D eigenvalue weighted by Crippen LogP contribution is -2.44. The molecule has 2 bridgehead atoms. The fourth-order valence-electron chi connectivity index (χ4n) is 11.4. The number of methoxy groups -OCH3 is 1. The summed E-state index contributed by atoms with van der Waals surface area (Å²) in [5, 5.41) is 33.7. The second kappa shape index (κ2) is 24.9. The number of likely N-dealkylation sites (N-methyl/N-ethyl adjacent to an activating group) is 1. The Morgan fingerprint density at radius 3 is 2.48 bits per heavy atom. The van der Waals surface area contributed by atoms with Gasteiger partial charge in [-0.1, -0.05) is 74.2 Å². The number of carbonyl (C=O) groups is 2. The number of hydrogen-bond acceptors (Lipinski definition) is 15. The minimum absolute atomic E-state index is 0.0477.